The minimum Gasteiger partial charge on any atom is -0.478 e. The summed E-state index contributed by atoms with van der Waals surface area (Å²) >= 11 is 5.84. The number of nitrogens with zero attached hydrogens (tertiary/aromatic N) is 2. The number of aromatic nitrogens is 2. The van der Waals surface area contributed by atoms with Crippen LogP contribution in [0.5, 0.6) is 5.75 Å². The number of aromatic carboxylic acids is 1. The van der Waals surface area contributed by atoms with Crippen LogP contribution in [0.1, 0.15) is 28.8 Å². The average Bonchev–Trinajstić information content (AvgIpc) is 2.91. The van der Waals surface area contributed by atoms with Crippen molar-refractivity contribution in [3.05, 3.63) is 71.0 Å². The fourth-order valence-corrected chi connectivity index (χ4v) is 4.27. The zero-order chi connectivity index (χ0) is 28.7. The van der Waals surface area contributed by atoms with E-state index >= 15 is 0 Å². The van der Waals surface area contributed by atoms with Gasteiger partial charge in [-0.1, -0.05) is 23.7 Å². The van der Waals surface area contributed by atoms with E-state index < -0.39 is 18.1 Å². The Morgan fingerprint density at radius 1 is 1.00 bits per heavy atom. The number of alkyl halides is 3. The van der Waals surface area contributed by atoms with E-state index in [2.05, 4.69) is 30.7 Å². The number of carboxylic acids is 1. The quantitative estimate of drug-likeness (QED) is 0.135. The first-order valence-corrected chi connectivity index (χ1v) is 12.6. The van der Waals surface area contributed by atoms with Gasteiger partial charge in [0.05, 0.1) is 16.1 Å². The van der Waals surface area contributed by atoms with Crippen LogP contribution in [0.4, 0.5) is 19.0 Å². The topological polar surface area (TPSA) is 125 Å². The highest BCUT2D eigenvalue weighted by Crippen LogP contribution is 2.31. The van der Waals surface area contributed by atoms with E-state index in [1.165, 1.54) is 24.3 Å². The third-order valence-electron chi connectivity index (χ3n) is 5.89. The summed E-state index contributed by atoms with van der Waals surface area (Å²) in [5.74, 6) is -1.06. The lowest BCUT2D eigenvalue weighted by molar-refractivity contribution is -0.274. The summed E-state index contributed by atoms with van der Waals surface area (Å²) < 4.78 is 40.9. The van der Waals surface area contributed by atoms with Crippen LogP contribution in [-0.4, -0.2) is 52.9 Å². The molecular formula is C27H25ClF3N5O4. The van der Waals surface area contributed by atoms with E-state index in [9.17, 15) is 27.9 Å². The number of rotatable bonds is 12. The molecule has 4 N–H and O–H groups in total. The third kappa shape index (κ3) is 7.70. The van der Waals surface area contributed by atoms with Gasteiger partial charge in [-0.15, -0.1) is 13.2 Å². The Hall–Kier alpha value is -4.16. The molecule has 2 aromatic heterocycles. The predicted molar refractivity (Wildman–Crippen MR) is 145 cm³/mol. The summed E-state index contributed by atoms with van der Waals surface area (Å²) in [6.07, 6.45) is -0.615. The monoisotopic (exact) mass is 575 g/mol. The van der Waals surface area contributed by atoms with Gasteiger partial charge < -0.3 is 25.8 Å². The minimum atomic E-state index is -4.82. The van der Waals surface area contributed by atoms with Crippen molar-refractivity contribution in [2.45, 2.75) is 25.7 Å². The normalized spacial score (nSPS) is 11.5. The zero-order valence-electron chi connectivity index (χ0n) is 21.0. The van der Waals surface area contributed by atoms with Gasteiger partial charge in [0.15, 0.2) is 0 Å². The van der Waals surface area contributed by atoms with E-state index in [0.717, 1.165) is 22.2 Å². The molecule has 4 rings (SSSR count). The van der Waals surface area contributed by atoms with Crippen LogP contribution in [-0.2, 0) is 11.3 Å². The van der Waals surface area contributed by atoms with Crippen molar-refractivity contribution in [3.63, 3.8) is 0 Å². The van der Waals surface area contributed by atoms with E-state index in [1.54, 1.807) is 18.5 Å². The van der Waals surface area contributed by atoms with Crippen molar-refractivity contribution in [1.82, 2.24) is 20.6 Å². The first kappa shape index (κ1) is 28.8. The highest BCUT2D eigenvalue weighted by molar-refractivity contribution is 6.32. The van der Waals surface area contributed by atoms with Crippen LogP contribution in [0.15, 0.2) is 54.9 Å². The number of carbonyl (C=O) groups is 2. The molecular weight excluding hydrogens is 551 g/mol. The van der Waals surface area contributed by atoms with Crippen molar-refractivity contribution in [3.8, 4) is 5.75 Å². The van der Waals surface area contributed by atoms with Crippen LogP contribution >= 0.6 is 11.6 Å². The number of anilines is 1. The van der Waals surface area contributed by atoms with E-state index in [-0.39, 0.29) is 22.9 Å². The maximum Gasteiger partial charge on any atom is 0.573 e. The second-order valence-corrected chi connectivity index (χ2v) is 9.20. The van der Waals surface area contributed by atoms with Crippen molar-refractivity contribution in [2.75, 3.05) is 25.0 Å². The van der Waals surface area contributed by atoms with Gasteiger partial charge >= 0.3 is 12.3 Å². The molecule has 0 radical (unpaired) electrons. The Labute approximate surface area is 231 Å². The number of pyridine rings is 2. The smallest absolute Gasteiger partial charge is 0.478 e. The van der Waals surface area contributed by atoms with Gasteiger partial charge in [0, 0.05) is 61.2 Å². The molecule has 0 saturated heterocycles. The maximum atomic E-state index is 12.3. The molecule has 40 heavy (non-hydrogen) atoms. The van der Waals surface area contributed by atoms with Crippen LogP contribution in [0, 0.1) is 0 Å². The Balaban J connectivity index is 1.20. The van der Waals surface area contributed by atoms with Crippen molar-refractivity contribution in [2.24, 2.45) is 0 Å². The fraction of sp³-hybridized carbons (Fsp3) is 0.259. The maximum absolute atomic E-state index is 12.3. The highest BCUT2D eigenvalue weighted by Gasteiger charge is 2.32. The number of ether oxygens (including phenoxy) is 1. The number of carbonyl (C=O) groups excluding carboxylic acids is 1. The van der Waals surface area contributed by atoms with Crippen LogP contribution in [0.2, 0.25) is 5.02 Å². The van der Waals surface area contributed by atoms with E-state index in [1.807, 2.05) is 6.07 Å². The van der Waals surface area contributed by atoms with Crippen LogP contribution < -0.4 is 20.7 Å². The molecule has 0 aliphatic carbocycles. The number of amides is 1. The summed E-state index contributed by atoms with van der Waals surface area (Å²) in [5.41, 5.74) is 1.33. The molecule has 0 aliphatic rings. The van der Waals surface area contributed by atoms with Crippen molar-refractivity contribution >= 4 is 51.0 Å². The molecule has 13 heteroatoms. The predicted octanol–water partition coefficient (Wildman–Crippen LogP) is 5.13. The first-order chi connectivity index (χ1) is 19.1. The second kappa shape index (κ2) is 12.8. The second-order valence-electron chi connectivity index (χ2n) is 8.79. The molecule has 9 nitrogen and oxygen atoms in total. The molecule has 2 heterocycles. The Kier molecular flexibility index (Phi) is 9.22. The average molecular weight is 576 g/mol. The summed E-state index contributed by atoms with van der Waals surface area (Å²) in [7, 11) is 0. The Morgan fingerprint density at radius 3 is 2.58 bits per heavy atom. The lowest BCUT2D eigenvalue weighted by atomic mass is 10.1. The molecule has 0 spiro atoms. The van der Waals surface area contributed by atoms with E-state index in [4.69, 9.17) is 11.6 Å². The molecule has 0 bridgehead atoms. The zero-order valence-corrected chi connectivity index (χ0v) is 21.8. The highest BCUT2D eigenvalue weighted by atomic mass is 35.5. The van der Waals surface area contributed by atoms with Crippen molar-refractivity contribution < 1.29 is 32.6 Å². The molecule has 4 aromatic rings. The number of halogens is 4. The molecule has 0 unspecified atom stereocenters. The number of carboxylic acid groups (broad SMARTS) is 1. The minimum absolute atomic E-state index is 0.142. The molecule has 0 aliphatic heterocycles. The van der Waals surface area contributed by atoms with Gasteiger partial charge in [0.25, 0.3) is 0 Å². The number of hydrogen-bond acceptors (Lipinski definition) is 7. The van der Waals surface area contributed by atoms with Gasteiger partial charge in [-0.05, 0) is 42.3 Å². The van der Waals surface area contributed by atoms with Gasteiger partial charge in [0.2, 0.25) is 5.91 Å². The summed E-state index contributed by atoms with van der Waals surface area (Å²) in [5, 5.41) is 20.8. The number of fused-ring (bicyclic) bond motifs is 3. The Bertz CT molecular complexity index is 1530. The summed E-state index contributed by atoms with van der Waals surface area (Å²) in [6.45, 7) is 1.63. The van der Waals surface area contributed by atoms with Crippen LogP contribution in [0.25, 0.3) is 21.7 Å². The molecule has 0 fully saturated rings. The molecule has 1 amide bonds. The molecule has 2 aromatic carbocycles. The first-order valence-electron chi connectivity index (χ1n) is 12.3. The summed E-state index contributed by atoms with van der Waals surface area (Å²) in [4.78, 5) is 32.3. The van der Waals surface area contributed by atoms with Crippen molar-refractivity contribution in [1.29, 1.82) is 0 Å². The summed E-state index contributed by atoms with van der Waals surface area (Å²) in [6, 6.07) is 10.6. The standard InChI is InChI=1S/C27H25ClF3N5O4/c28-21-12-16(2-5-23(21)40-27(29,30)31)14-32-11-7-24(37)34-8-1-9-35-25-19-6-10-33-15-20(19)18-4-3-17(26(38)39)13-22(18)36-25/h2-6,10,12-13,15,32H,1,7-9,11,14H2,(H,34,37)(H,35,36)(H,38,39). The largest absolute Gasteiger partial charge is 0.573 e. The molecule has 0 saturated carbocycles. The lowest BCUT2D eigenvalue weighted by Crippen LogP contribution is -2.29. The van der Waals surface area contributed by atoms with Gasteiger partial charge in [0.1, 0.15) is 11.6 Å². The van der Waals surface area contributed by atoms with Crippen LogP contribution in [0.3, 0.4) is 0 Å². The SMILES string of the molecule is O=C(CCNCc1ccc(OC(F)(F)F)c(Cl)c1)NCCCNc1nc2cc(C(=O)O)ccc2c2cnccc12. The number of benzene rings is 2. The number of nitrogens with one attached hydrogen (secondary N) is 3. The Morgan fingerprint density at radius 2 is 1.82 bits per heavy atom. The van der Waals surface area contributed by atoms with Gasteiger partial charge in [-0.25, -0.2) is 9.78 Å². The third-order valence-corrected chi connectivity index (χ3v) is 6.19. The lowest BCUT2D eigenvalue weighted by Gasteiger charge is -2.12. The number of hydrogen-bond donors (Lipinski definition) is 4. The van der Waals surface area contributed by atoms with Gasteiger partial charge in [-0.3, -0.25) is 9.78 Å². The van der Waals surface area contributed by atoms with Gasteiger partial charge in [-0.2, -0.15) is 0 Å². The van der Waals surface area contributed by atoms with E-state index in [0.29, 0.717) is 49.5 Å². The molecule has 0 atom stereocenters. The molecule has 210 valence electrons. The fourth-order valence-electron chi connectivity index (χ4n) is 4.02.